The topological polar surface area (TPSA) is 72.2 Å². The molecule has 2 aromatic rings. The Morgan fingerprint density at radius 1 is 1.04 bits per heavy atom. The highest BCUT2D eigenvalue weighted by Crippen LogP contribution is 2.34. The van der Waals surface area contributed by atoms with Crippen LogP contribution in [0.2, 0.25) is 0 Å². The van der Waals surface area contributed by atoms with E-state index >= 15 is 0 Å². The third-order valence-electron chi connectivity index (χ3n) is 2.83. The number of hydrogen-bond acceptors (Lipinski definition) is 2. The summed E-state index contributed by atoms with van der Waals surface area (Å²) in [6, 6.07) is 6.48. The van der Waals surface area contributed by atoms with Crippen molar-refractivity contribution < 1.29 is 26.0 Å². The first-order valence-electron chi connectivity index (χ1n) is 5.94. The molecule has 0 fully saturated rings. The standard InChI is InChI=1S/C13H9BrF4N2O2S/c14-10-5-8(6-11(15)12(10)20-23(19,21)22)7-1-3-9(4-2-7)13(16,17)18/h1-6,20H,(H2,19,21,22). The van der Waals surface area contributed by atoms with E-state index in [1.54, 1.807) is 4.72 Å². The summed E-state index contributed by atoms with van der Waals surface area (Å²) in [4.78, 5) is 0. The molecule has 0 bridgehead atoms. The van der Waals surface area contributed by atoms with Gasteiger partial charge in [-0.05, 0) is 51.3 Å². The Hall–Kier alpha value is -1.65. The lowest BCUT2D eigenvalue weighted by Crippen LogP contribution is -2.22. The number of hydrogen-bond donors (Lipinski definition) is 2. The van der Waals surface area contributed by atoms with Crippen molar-refractivity contribution in [2.75, 3.05) is 4.72 Å². The van der Waals surface area contributed by atoms with Crippen LogP contribution < -0.4 is 9.86 Å². The molecule has 3 N–H and O–H groups in total. The quantitative estimate of drug-likeness (QED) is 0.750. The minimum Gasteiger partial charge on any atom is -0.267 e. The second-order valence-electron chi connectivity index (χ2n) is 4.54. The third kappa shape index (κ3) is 4.43. The maximum atomic E-state index is 14.0. The Morgan fingerprint density at radius 2 is 1.61 bits per heavy atom. The van der Waals surface area contributed by atoms with E-state index in [0.717, 1.165) is 18.2 Å². The highest BCUT2D eigenvalue weighted by molar-refractivity contribution is 9.10. The number of nitrogens with two attached hydrogens (primary N) is 1. The van der Waals surface area contributed by atoms with Crippen LogP contribution in [0.5, 0.6) is 0 Å². The van der Waals surface area contributed by atoms with Crippen LogP contribution in [-0.4, -0.2) is 8.42 Å². The summed E-state index contributed by atoms with van der Waals surface area (Å²) in [5, 5.41) is 4.78. The molecule has 0 atom stereocenters. The summed E-state index contributed by atoms with van der Waals surface area (Å²) in [5.41, 5.74) is -0.612. The molecule has 0 heterocycles. The summed E-state index contributed by atoms with van der Waals surface area (Å²) in [6.07, 6.45) is -4.46. The Morgan fingerprint density at radius 3 is 2.04 bits per heavy atom. The van der Waals surface area contributed by atoms with E-state index in [1.807, 2.05) is 0 Å². The zero-order valence-electron chi connectivity index (χ0n) is 11.2. The summed E-state index contributed by atoms with van der Waals surface area (Å²) >= 11 is 2.99. The van der Waals surface area contributed by atoms with E-state index < -0.39 is 27.8 Å². The molecule has 0 aliphatic carbocycles. The van der Waals surface area contributed by atoms with E-state index in [1.165, 1.54) is 18.2 Å². The van der Waals surface area contributed by atoms with E-state index in [9.17, 15) is 26.0 Å². The first-order chi connectivity index (χ1) is 10.5. The molecule has 0 spiro atoms. The average Bonchev–Trinajstić information content (AvgIpc) is 2.41. The second kappa shape index (κ2) is 6.10. The highest BCUT2D eigenvalue weighted by atomic mass is 79.9. The summed E-state index contributed by atoms with van der Waals surface area (Å²) in [5.74, 6) is -0.928. The van der Waals surface area contributed by atoms with Crippen molar-refractivity contribution in [1.82, 2.24) is 0 Å². The van der Waals surface area contributed by atoms with Gasteiger partial charge in [-0.2, -0.15) is 21.6 Å². The fourth-order valence-corrected chi connectivity index (χ4v) is 2.99. The zero-order chi connectivity index (χ0) is 17.4. The number of halogens is 5. The Kier molecular flexibility index (Phi) is 4.69. The van der Waals surface area contributed by atoms with Crippen LogP contribution in [0.4, 0.5) is 23.2 Å². The monoisotopic (exact) mass is 412 g/mol. The van der Waals surface area contributed by atoms with Gasteiger partial charge in [-0.3, -0.25) is 4.72 Å². The van der Waals surface area contributed by atoms with E-state index in [4.69, 9.17) is 5.14 Å². The van der Waals surface area contributed by atoms with Crippen molar-refractivity contribution in [1.29, 1.82) is 0 Å². The van der Waals surface area contributed by atoms with Crippen LogP contribution in [0.15, 0.2) is 40.9 Å². The zero-order valence-corrected chi connectivity index (χ0v) is 13.6. The van der Waals surface area contributed by atoms with Crippen molar-refractivity contribution in [3.63, 3.8) is 0 Å². The van der Waals surface area contributed by atoms with Crippen LogP contribution in [0, 0.1) is 5.82 Å². The predicted octanol–water partition coefficient (Wildman–Crippen LogP) is 3.89. The number of nitrogens with one attached hydrogen (secondary N) is 1. The fraction of sp³-hybridized carbons (Fsp3) is 0.0769. The van der Waals surface area contributed by atoms with Crippen LogP contribution in [0.1, 0.15) is 5.56 Å². The van der Waals surface area contributed by atoms with Gasteiger partial charge in [0.15, 0.2) is 0 Å². The van der Waals surface area contributed by atoms with Gasteiger partial charge < -0.3 is 0 Å². The maximum absolute atomic E-state index is 14.0. The molecule has 0 saturated heterocycles. The molecule has 0 saturated carbocycles. The lowest BCUT2D eigenvalue weighted by atomic mass is 10.0. The molecule has 0 unspecified atom stereocenters. The summed E-state index contributed by atoms with van der Waals surface area (Å²) < 4.78 is 75.3. The van der Waals surface area contributed by atoms with E-state index in [-0.39, 0.29) is 15.7 Å². The average molecular weight is 413 g/mol. The molecule has 10 heteroatoms. The molecule has 0 radical (unpaired) electrons. The normalized spacial score (nSPS) is 12.3. The van der Waals surface area contributed by atoms with Crippen LogP contribution >= 0.6 is 15.9 Å². The Balaban J connectivity index is 2.42. The molecule has 4 nitrogen and oxygen atoms in total. The summed E-state index contributed by atoms with van der Waals surface area (Å²) in [7, 11) is -4.17. The highest BCUT2D eigenvalue weighted by Gasteiger charge is 2.30. The van der Waals surface area contributed by atoms with Crippen molar-refractivity contribution in [2.24, 2.45) is 5.14 Å². The van der Waals surface area contributed by atoms with Gasteiger partial charge in [-0.1, -0.05) is 12.1 Å². The van der Waals surface area contributed by atoms with Gasteiger partial charge in [0, 0.05) is 4.47 Å². The molecule has 0 aliphatic rings. The first-order valence-corrected chi connectivity index (χ1v) is 8.28. The minimum absolute atomic E-state index is 0.0569. The van der Waals surface area contributed by atoms with Crippen LogP contribution in [0.25, 0.3) is 11.1 Å². The molecule has 124 valence electrons. The number of rotatable bonds is 3. The van der Waals surface area contributed by atoms with Gasteiger partial charge in [0.05, 0.1) is 11.3 Å². The molecule has 2 rings (SSSR count). The third-order valence-corrected chi connectivity index (χ3v) is 3.95. The lowest BCUT2D eigenvalue weighted by Gasteiger charge is -2.11. The van der Waals surface area contributed by atoms with Crippen molar-refractivity contribution in [3.8, 4) is 11.1 Å². The molecule has 23 heavy (non-hydrogen) atoms. The lowest BCUT2D eigenvalue weighted by molar-refractivity contribution is -0.137. The van der Waals surface area contributed by atoms with Gasteiger partial charge >= 0.3 is 6.18 Å². The molecule has 0 aromatic heterocycles. The first kappa shape index (κ1) is 17.7. The largest absolute Gasteiger partial charge is 0.416 e. The van der Waals surface area contributed by atoms with Crippen molar-refractivity contribution in [3.05, 3.63) is 52.3 Å². The van der Waals surface area contributed by atoms with E-state index in [2.05, 4.69) is 15.9 Å². The smallest absolute Gasteiger partial charge is 0.267 e. The van der Waals surface area contributed by atoms with Crippen LogP contribution in [-0.2, 0) is 16.4 Å². The van der Waals surface area contributed by atoms with Crippen LogP contribution in [0.3, 0.4) is 0 Å². The van der Waals surface area contributed by atoms with Gasteiger partial charge in [0.2, 0.25) is 0 Å². The predicted molar refractivity (Wildman–Crippen MR) is 81.3 cm³/mol. The molecular formula is C13H9BrF4N2O2S. The van der Waals surface area contributed by atoms with E-state index in [0.29, 0.717) is 5.56 Å². The number of anilines is 1. The van der Waals surface area contributed by atoms with Gasteiger partial charge in [-0.25, -0.2) is 9.53 Å². The molecule has 0 amide bonds. The van der Waals surface area contributed by atoms with Gasteiger partial charge in [0.25, 0.3) is 10.2 Å². The molecule has 2 aromatic carbocycles. The fourth-order valence-electron chi connectivity index (χ4n) is 1.83. The maximum Gasteiger partial charge on any atom is 0.416 e. The SMILES string of the molecule is NS(=O)(=O)Nc1c(F)cc(-c2ccc(C(F)(F)F)cc2)cc1Br. The van der Waals surface area contributed by atoms with Gasteiger partial charge in [-0.15, -0.1) is 0 Å². The molecule has 0 aliphatic heterocycles. The molecular weight excluding hydrogens is 404 g/mol. The Labute approximate surface area is 137 Å². The number of benzene rings is 2. The second-order valence-corrected chi connectivity index (χ2v) is 6.69. The summed E-state index contributed by atoms with van der Waals surface area (Å²) in [6.45, 7) is 0. The van der Waals surface area contributed by atoms with Gasteiger partial charge in [0.1, 0.15) is 5.82 Å². The minimum atomic E-state index is -4.46. The number of alkyl halides is 3. The Bertz CT molecular complexity index is 813. The van der Waals surface area contributed by atoms with Crippen molar-refractivity contribution in [2.45, 2.75) is 6.18 Å². The van der Waals surface area contributed by atoms with Crippen molar-refractivity contribution >= 4 is 31.8 Å².